The molecule has 1 aliphatic carbocycles. The fourth-order valence-electron chi connectivity index (χ4n) is 2.39. The van der Waals surface area contributed by atoms with Crippen LogP contribution in [0.3, 0.4) is 0 Å². The van der Waals surface area contributed by atoms with E-state index in [2.05, 4.69) is 24.4 Å². The highest BCUT2D eigenvalue weighted by atomic mass is 15.2. The SMILES string of the molecule is CN(C)CCC(NN)C1CCCCC1. The molecule has 0 aromatic rings. The third-order valence-corrected chi connectivity index (χ3v) is 3.32. The zero-order chi connectivity index (χ0) is 10.4. The van der Waals surface area contributed by atoms with Gasteiger partial charge in [0.2, 0.25) is 0 Å². The summed E-state index contributed by atoms with van der Waals surface area (Å²) < 4.78 is 0. The summed E-state index contributed by atoms with van der Waals surface area (Å²) in [5.74, 6) is 6.43. The van der Waals surface area contributed by atoms with Crippen LogP contribution in [0.2, 0.25) is 0 Å². The fraction of sp³-hybridized carbons (Fsp3) is 1.00. The van der Waals surface area contributed by atoms with Crippen LogP contribution in [0, 0.1) is 5.92 Å². The van der Waals surface area contributed by atoms with Crippen molar-refractivity contribution in [1.29, 1.82) is 0 Å². The summed E-state index contributed by atoms with van der Waals surface area (Å²) in [7, 11) is 4.24. The first kappa shape index (κ1) is 12.0. The Bertz CT molecular complexity index is 141. The summed E-state index contributed by atoms with van der Waals surface area (Å²) >= 11 is 0. The van der Waals surface area contributed by atoms with Gasteiger partial charge in [-0.05, 0) is 45.8 Å². The van der Waals surface area contributed by atoms with Crippen LogP contribution >= 0.6 is 0 Å². The van der Waals surface area contributed by atoms with Crippen molar-refractivity contribution in [2.45, 2.75) is 44.6 Å². The van der Waals surface area contributed by atoms with E-state index in [4.69, 9.17) is 5.84 Å². The Morgan fingerprint density at radius 3 is 2.43 bits per heavy atom. The van der Waals surface area contributed by atoms with Gasteiger partial charge < -0.3 is 4.90 Å². The minimum absolute atomic E-state index is 0.526. The van der Waals surface area contributed by atoms with Crippen LogP contribution in [0.5, 0.6) is 0 Å². The third-order valence-electron chi connectivity index (χ3n) is 3.32. The average Bonchev–Trinajstić information content (AvgIpc) is 2.20. The molecule has 1 atom stereocenters. The van der Waals surface area contributed by atoms with Crippen LogP contribution in [-0.2, 0) is 0 Å². The second-order valence-corrected chi connectivity index (χ2v) is 4.76. The number of hydrogen-bond acceptors (Lipinski definition) is 3. The van der Waals surface area contributed by atoms with Crippen molar-refractivity contribution in [3.8, 4) is 0 Å². The Kier molecular flexibility index (Phi) is 5.45. The maximum absolute atomic E-state index is 5.62. The van der Waals surface area contributed by atoms with E-state index in [0.717, 1.165) is 12.5 Å². The molecule has 0 aromatic heterocycles. The number of nitrogens with zero attached hydrogens (tertiary/aromatic N) is 1. The van der Waals surface area contributed by atoms with Crippen molar-refractivity contribution in [2.75, 3.05) is 20.6 Å². The van der Waals surface area contributed by atoms with Crippen LogP contribution in [0.1, 0.15) is 38.5 Å². The lowest BCUT2D eigenvalue weighted by Gasteiger charge is -2.30. The lowest BCUT2D eigenvalue weighted by atomic mass is 9.83. The maximum atomic E-state index is 5.62. The Labute approximate surface area is 88.0 Å². The van der Waals surface area contributed by atoms with Gasteiger partial charge in [0.25, 0.3) is 0 Å². The van der Waals surface area contributed by atoms with Gasteiger partial charge in [-0.25, -0.2) is 0 Å². The summed E-state index contributed by atoms with van der Waals surface area (Å²) in [5, 5.41) is 0. The second-order valence-electron chi connectivity index (χ2n) is 4.76. The molecule has 84 valence electrons. The Morgan fingerprint density at radius 1 is 1.29 bits per heavy atom. The topological polar surface area (TPSA) is 41.3 Å². The molecular formula is C11H25N3. The van der Waals surface area contributed by atoms with E-state index in [1.54, 1.807) is 0 Å². The number of nitrogens with two attached hydrogens (primary N) is 1. The number of nitrogens with one attached hydrogen (secondary N) is 1. The van der Waals surface area contributed by atoms with E-state index >= 15 is 0 Å². The fourth-order valence-corrected chi connectivity index (χ4v) is 2.39. The lowest BCUT2D eigenvalue weighted by Crippen LogP contribution is -2.43. The minimum Gasteiger partial charge on any atom is -0.309 e. The Hall–Kier alpha value is -0.120. The van der Waals surface area contributed by atoms with Crippen molar-refractivity contribution in [1.82, 2.24) is 10.3 Å². The molecule has 0 spiro atoms. The highest BCUT2D eigenvalue weighted by molar-refractivity contribution is 4.78. The molecule has 0 saturated heterocycles. The average molecular weight is 199 g/mol. The molecule has 0 aliphatic heterocycles. The highest BCUT2D eigenvalue weighted by Crippen LogP contribution is 2.27. The smallest absolute Gasteiger partial charge is 0.0250 e. The van der Waals surface area contributed by atoms with E-state index in [1.807, 2.05) is 0 Å². The minimum atomic E-state index is 0.526. The predicted octanol–water partition coefficient (Wildman–Crippen LogP) is 1.35. The molecule has 1 aliphatic rings. The molecule has 3 nitrogen and oxygen atoms in total. The number of hydrogen-bond donors (Lipinski definition) is 2. The molecule has 1 saturated carbocycles. The number of rotatable bonds is 5. The third kappa shape index (κ3) is 3.95. The van der Waals surface area contributed by atoms with Gasteiger partial charge in [-0.3, -0.25) is 11.3 Å². The lowest BCUT2D eigenvalue weighted by molar-refractivity contribution is 0.241. The van der Waals surface area contributed by atoms with E-state index < -0.39 is 0 Å². The standard InChI is InChI=1S/C11H25N3/c1-14(2)9-8-11(13-12)10-6-4-3-5-7-10/h10-11,13H,3-9,12H2,1-2H3. The Morgan fingerprint density at radius 2 is 1.93 bits per heavy atom. The van der Waals surface area contributed by atoms with Crippen molar-refractivity contribution in [3.05, 3.63) is 0 Å². The van der Waals surface area contributed by atoms with E-state index in [-0.39, 0.29) is 0 Å². The first-order valence-corrected chi connectivity index (χ1v) is 5.85. The van der Waals surface area contributed by atoms with Crippen LogP contribution in [0.25, 0.3) is 0 Å². The number of hydrazine groups is 1. The van der Waals surface area contributed by atoms with Crippen molar-refractivity contribution in [2.24, 2.45) is 11.8 Å². The molecule has 0 aromatic carbocycles. The molecular weight excluding hydrogens is 174 g/mol. The summed E-state index contributed by atoms with van der Waals surface area (Å²) in [6.45, 7) is 1.13. The van der Waals surface area contributed by atoms with Gasteiger partial charge >= 0.3 is 0 Å². The zero-order valence-electron chi connectivity index (χ0n) is 9.63. The summed E-state index contributed by atoms with van der Waals surface area (Å²) in [4.78, 5) is 2.23. The highest BCUT2D eigenvalue weighted by Gasteiger charge is 2.22. The van der Waals surface area contributed by atoms with E-state index in [9.17, 15) is 0 Å². The molecule has 0 heterocycles. The zero-order valence-corrected chi connectivity index (χ0v) is 9.63. The predicted molar refractivity (Wildman–Crippen MR) is 60.9 cm³/mol. The van der Waals surface area contributed by atoms with E-state index in [0.29, 0.717) is 6.04 Å². The van der Waals surface area contributed by atoms with Crippen LogP contribution in [0.15, 0.2) is 0 Å². The van der Waals surface area contributed by atoms with Gasteiger partial charge in [0.05, 0.1) is 0 Å². The molecule has 0 bridgehead atoms. The molecule has 1 unspecified atom stereocenters. The second kappa shape index (κ2) is 6.38. The normalized spacial score (nSPS) is 21.4. The van der Waals surface area contributed by atoms with Gasteiger partial charge in [-0.1, -0.05) is 19.3 Å². The van der Waals surface area contributed by atoms with Gasteiger partial charge in [0, 0.05) is 6.04 Å². The first-order valence-electron chi connectivity index (χ1n) is 5.85. The van der Waals surface area contributed by atoms with Crippen LogP contribution < -0.4 is 11.3 Å². The van der Waals surface area contributed by atoms with Crippen molar-refractivity contribution < 1.29 is 0 Å². The first-order chi connectivity index (χ1) is 6.74. The molecule has 0 radical (unpaired) electrons. The van der Waals surface area contributed by atoms with Gasteiger partial charge in [-0.2, -0.15) is 0 Å². The summed E-state index contributed by atoms with van der Waals surface area (Å²) in [5.41, 5.74) is 3.00. The quantitative estimate of drug-likeness (QED) is 0.519. The van der Waals surface area contributed by atoms with Crippen LogP contribution in [0.4, 0.5) is 0 Å². The monoisotopic (exact) mass is 199 g/mol. The molecule has 1 rings (SSSR count). The van der Waals surface area contributed by atoms with Crippen LogP contribution in [-0.4, -0.2) is 31.6 Å². The van der Waals surface area contributed by atoms with Gasteiger partial charge in [0.1, 0.15) is 0 Å². The molecule has 0 amide bonds. The largest absolute Gasteiger partial charge is 0.309 e. The van der Waals surface area contributed by atoms with Gasteiger partial charge in [-0.15, -0.1) is 0 Å². The molecule has 14 heavy (non-hydrogen) atoms. The summed E-state index contributed by atoms with van der Waals surface area (Å²) in [6, 6.07) is 0.526. The van der Waals surface area contributed by atoms with E-state index in [1.165, 1.54) is 38.5 Å². The Balaban J connectivity index is 2.28. The van der Waals surface area contributed by atoms with Crippen molar-refractivity contribution in [3.63, 3.8) is 0 Å². The van der Waals surface area contributed by atoms with Crippen molar-refractivity contribution >= 4 is 0 Å². The van der Waals surface area contributed by atoms with Gasteiger partial charge in [0.15, 0.2) is 0 Å². The molecule has 3 N–H and O–H groups in total. The molecule has 1 fully saturated rings. The summed E-state index contributed by atoms with van der Waals surface area (Å²) in [6.07, 6.45) is 8.11. The molecule has 3 heteroatoms. The maximum Gasteiger partial charge on any atom is 0.0250 e.